The third-order valence-electron chi connectivity index (χ3n) is 8.57. The summed E-state index contributed by atoms with van der Waals surface area (Å²) in [5, 5.41) is 11.5. The molecule has 274 valence electrons. The van der Waals surface area contributed by atoms with Crippen molar-refractivity contribution in [1.29, 1.82) is 0 Å². The zero-order valence-corrected chi connectivity index (χ0v) is 29.7. The monoisotopic (exact) mass is 708 g/mol. The molecular weight excluding hydrogens is 655 g/mol. The molecule has 1 aromatic rings. The number of rotatable bonds is 21. The Hall–Kier alpha value is -3.32. The van der Waals surface area contributed by atoms with E-state index in [1.54, 1.807) is 0 Å². The number of alkyl carbamates (subject to hydrolysis) is 1. The van der Waals surface area contributed by atoms with E-state index in [4.69, 9.17) is 18.5 Å². The number of nitrogens with one attached hydrogen (secondary N) is 4. The number of unbranched alkanes of at least 4 members (excludes halogenated alkanes) is 2. The maximum absolute atomic E-state index is 13.5. The normalized spacial score (nSPS) is 18.5. The van der Waals surface area contributed by atoms with E-state index in [1.807, 2.05) is 37.3 Å². The Morgan fingerprint density at radius 2 is 1.71 bits per heavy atom. The van der Waals surface area contributed by atoms with Crippen LogP contribution in [0.15, 0.2) is 30.3 Å². The molecular formula is C34H53N4O10P. The lowest BCUT2D eigenvalue weighted by Crippen LogP contribution is -2.51. The van der Waals surface area contributed by atoms with Gasteiger partial charge in [0.15, 0.2) is 6.10 Å². The van der Waals surface area contributed by atoms with E-state index in [0.29, 0.717) is 45.2 Å². The molecule has 14 nitrogen and oxygen atoms in total. The number of carbonyl (C=O) groups is 5. The first-order valence-corrected chi connectivity index (χ1v) is 18.8. The van der Waals surface area contributed by atoms with Gasteiger partial charge in [0.25, 0.3) is 0 Å². The molecule has 0 bridgehead atoms. The Bertz CT molecular complexity index is 1220. The maximum Gasteiger partial charge on any atom is 0.407 e. The van der Waals surface area contributed by atoms with Crippen LogP contribution in [0.2, 0.25) is 0 Å². The molecule has 3 amide bonds. The first-order chi connectivity index (χ1) is 23.7. The SMILES string of the molecule is CCCCC(CO[PH](=O)OC(C)C(=O)OC(=O)[C@@H]1CCCN1)NC(=O)C(CCCCNC(=O)OCc1ccccc1)NC(=O)C1CCCC1. The van der Waals surface area contributed by atoms with Gasteiger partial charge >= 0.3 is 26.3 Å². The molecule has 2 aliphatic rings. The summed E-state index contributed by atoms with van der Waals surface area (Å²) in [6.45, 7) is 4.34. The number of hydrogen-bond acceptors (Lipinski definition) is 11. The van der Waals surface area contributed by atoms with E-state index in [1.165, 1.54) is 6.92 Å². The molecule has 0 aromatic heterocycles. The Kier molecular flexibility index (Phi) is 18.3. The van der Waals surface area contributed by atoms with E-state index in [0.717, 1.165) is 50.5 Å². The average Bonchev–Trinajstić information content (AvgIpc) is 3.84. The Morgan fingerprint density at radius 3 is 2.41 bits per heavy atom. The lowest BCUT2D eigenvalue weighted by atomic mass is 10.0. The number of benzene rings is 1. The van der Waals surface area contributed by atoms with Gasteiger partial charge in [-0.2, -0.15) is 0 Å². The second-order valence-corrected chi connectivity index (χ2v) is 13.6. The summed E-state index contributed by atoms with van der Waals surface area (Å²) >= 11 is 0. The van der Waals surface area contributed by atoms with Crippen LogP contribution in [0.1, 0.15) is 96.5 Å². The fourth-order valence-corrected chi connectivity index (χ4v) is 6.46. The largest absolute Gasteiger partial charge is 0.445 e. The summed E-state index contributed by atoms with van der Waals surface area (Å²) in [4.78, 5) is 63.0. The number of esters is 2. The molecule has 4 N–H and O–H groups in total. The fourth-order valence-electron chi connectivity index (χ4n) is 5.67. The van der Waals surface area contributed by atoms with Crippen molar-refractivity contribution < 1.29 is 47.1 Å². The molecule has 1 saturated carbocycles. The van der Waals surface area contributed by atoms with Crippen molar-refractivity contribution in [1.82, 2.24) is 21.3 Å². The fraction of sp³-hybridized carbons (Fsp3) is 0.676. The highest BCUT2D eigenvalue weighted by Gasteiger charge is 2.30. The van der Waals surface area contributed by atoms with Gasteiger partial charge in [-0.15, -0.1) is 0 Å². The van der Waals surface area contributed by atoms with Gasteiger partial charge in [-0.05, 0) is 70.4 Å². The molecule has 1 saturated heterocycles. The summed E-state index contributed by atoms with van der Waals surface area (Å²) in [6.07, 6.45) is 6.64. The van der Waals surface area contributed by atoms with E-state index in [-0.39, 0.29) is 30.9 Å². The smallest absolute Gasteiger partial charge is 0.407 e. The number of ether oxygens (including phenoxy) is 2. The molecule has 49 heavy (non-hydrogen) atoms. The van der Waals surface area contributed by atoms with Gasteiger partial charge in [-0.3, -0.25) is 18.7 Å². The van der Waals surface area contributed by atoms with Crippen molar-refractivity contribution in [2.45, 2.75) is 122 Å². The van der Waals surface area contributed by atoms with Crippen LogP contribution in [-0.2, 0) is 48.9 Å². The zero-order chi connectivity index (χ0) is 35.4. The third kappa shape index (κ3) is 15.4. The molecule has 4 unspecified atom stereocenters. The van der Waals surface area contributed by atoms with Crippen LogP contribution in [0.5, 0.6) is 0 Å². The Balaban J connectivity index is 1.47. The van der Waals surface area contributed by atoms with Gasteiger partial charge in [0.1, 0.15) is 18.7 Å². The molecule has 1 aromatic carbocycles. The highest BCUT2D eigenvalue weighted by Crippen LogP contribution is 2.28. The van der Waals surface area contributed by atoms with Crippen LogP contribution in [0.3, 0.4) is 0 Å². The van der Waals surface area contributed by atoms with Crippen LogP contribution in [0.25, 0.3) is 0 Å². The minimum absolute atomic E-state index is 0.128. The first-order valence-electron chi connectivity index (χ1n) is 17.5. The van der Waals surface area contributed by atoms with E-state index in [2.05, 4.69) is 21.3 Å². The van der Waals surface area contributed by atoms with Gasteiger partial charge in [0, 0.05) is 12.5 Å². The number of carbonyl (C=O) groups excluding carboxylic acids is 5. The average molecular weight is 709 g/mol. The third-order valence-corrected chi connectivity index (χ3v) is 9.51. The van der Waals surface area contributed by atoms with Crippen molar-refractivity contribution in [2.75, 3.05) is 19.7 Å². The first kappa shape index (κ1) is 40.1. The molecule has 0 spiro atoms. The highest BCUT2D eigenvalue weighted by molar-refractivity contribution is 7.33. The van der Waals surface area contributed by atoms with Crippen LogP contribution in [-0.4, -0.2) is 73.8 Å². The molecule has 1 aliphatic carbocycles. The quantitative estimate of drug-likeness (QED) is 0.0624. The second-order valence-electron chi connectivity index (χ2n) is 12.6. The Labute approximate surface area is 289 Å². The van der Waals surface area contributed by atoms with Crippen LogP contribution < -0.4 is 21.3 Å². The number of hydrogen-bond donors (Lipinski definition) is 4. The highest BCUT2D eigenvalue weighted by atomic mass is 31.1. The van der Waals surface area contributed by atoms with Gasteiger partial charge in [-0.25, -0.2) is 14.4 Å². The van der Waals surface area contributed by atoms with E-state index < -0.39 is 50.5 Å². The summed E-state index contributed by atoms with van der Waals surface area (Å²) in [5.74, 6) is -2.33. The van der Waals surface area contributed by atoms with Gasteiger partial charge in [0.2, 0.25) is 11.8 Å². The standard InChI is InChI=1S/C34H53N4O10P/c1-3-4-17-27(23-46-49(44)48-24(2)32(41)47-33(42)29-19-12-21-35-29)37-31(40)28(38-30(39)26-15-8-9-16-26)18-10-11-20-36-34(43)45-22-25-13-6-5-7-14-25/h5-7,13-14,24,26-29,35,49H,3-4,8-12,15-23H2,1-2H3,(H,36,43)(H,37,40)(H,38,39)/t24?,27?,28?,29-/m0/s1. The van der Waals surface area contributed by atoms with Gasteiger partial charge in [-0.1, -0.05) is 62.9 Å². The predicted molar refractivity (Wildman–Crippen MR) is 181 cm³/mol. The molecule has 2 fully saturated rings. The van der Waals surface area contributed by atoms with Gasteiger partial charge < -0.3 is 35.3 Å². The molecule has 5 atom stereocenters. The van der Waals surface area contributed by atoms with E-state index in [9.17, 15) is 28.5 Å². The topological polar surface area (TPSA) is 187 Å². The summed E-state index contributed by atoms with van der Waals surface area (Å²) in [7, 11) is -3.18. The summed E-state index contributed by atoms with van der Waals surface area (Å²) < 4.78 is 33.3. The Morgan fingerprint density at radius 1 is 0.959 bits per heavy atom. The van der Waals surface area contributed by atoms with Crippen molar-refractivity contribution in [3.8, 4) is 0 Å². The van der Waals surface area contributed by atoms with Crippen LogP contribution in [0, 0.1) is 5.92 Å². The van der Waals surface area contributed by atoms with Crippen molar-refractivity contribution in [2.24, 2.45) is 5.92 Å². The molecule has 3 rings (SSSR count). The number of amides is 3. The van der Waals surface area contributed by atoms with Crippen LogP contribution >= 0.6 is 8.25 Å². The lowest BCUT2D eigenvalue weighted by molar-refractivity contribution is -0.165. The molecule has 1 aliphatic heterocycles. The van der Waals surface area contributed by atoms with Crippen molar-refractivity contribution in [3.05, 3.63) is 35.9 Å². The van der Waals surface area contributed by atoms with Crippen LogP contribution in [0.4, 0.5) is 4.79 Å². The minimum atomic E-state index is -3.18. The maximum atomic E-state index is 13.5. The predicted octanol–water partition coefficient (Wildman–Crippen LogP) is 4.07. The zero-order valence-electron chi connectivity index (χ0n) is 28.7. The molecule has 0 radical (unpaired) electrons. The summed E-state index contributed by atoms with van der Waals surface area (Å²) in [6, 6.07) is 7.46. The molecule has 1 heterocycles. The van der Waals surface area contributed by atoms with Crippen molar-refractivity contribution >= 4 is 38.1 Å². The summed E-state index contributed by atoms with van der Waals surface area (Å²) in [5.41, 5.74) is 0.881. The molecule has 15 heteroatoms. The lowest BCUT2D eigenvalue weighted by Gasteiger charge is -2.24. The van der Waals surface area contributed by atoms with E-state index >= 15 is 0 Å². The minimum Gasteiger partial charge on any atom is -0.445 e. The van der Waals surface area contributed by atoms with Gasteiger partial charge in [0.05, 0.1) is 12.6 Å². The second kappa shape index (κ2) is 22.4. The van der Waals surface area contributed by atoms with Crippen molar-refractivity contribution in [3.63, 3.8) is 0 Å².